The molecule has 0 spiro atoms. The van der Waals surface area contributed by atoms with Gasteiger partial charge in [-0.25, -0.2) is 8.42 Å². The van der Waals surface area contributed by atoms with Crippen LogP contribution in [0.3, 0.4) is 0 Å². The van der Waals surface area contributed by atoms with Crippen molar-refractivity contribution >= 4 is 9.84 Å². The molecular weight excluding hydrogens is 260 g/mol. The van der Waals surface area contributed by atoms with Gasteiger partial charge in [-0.2, -0.15) is 0 Å². The topological polar surface area (TPSA) is 49.4 Å². The molecule has 0 aromatic carbocycles. The van der Waals surface area contributed by atoms with Crippen molar-refractivity contribution in [2.75, 3.05) is 18.1 Å². The molecule has 1 N–H and O–H groups in total. The Hall–Kier alpha value is -0.130. The number of hydrogen-bond donors (Lipinski definition) is 1. The highest BCUT2D eigenvalue weighted by Gasteiger charge is 2.45. The maximum absolute atomic E-state index is 11.9. The molecule has 3 aliphatic rings. The molecule has 0 aliphatic carbocycles. The number of nitrogens with one attached hydrogen (secondary N) is 1. The lowest BCUT2D eigenvalue weighted by molar-refractivity contribution is 0.0733. The van der Waals surface area contributed by atoms with Gasteiger partial charge in [0.25, 0.3) is 0 Å². The van der Waals surface area contributed by atoms with E-state index in [1.165, 1.54) is 25.7 Å². The summed E-state index contributed by atoms with van der Waals surface area (Å²) in [6, 6.07) is 2.21. The van der Waals surface area contributed by atoms with Gasteiger partial charge in [-0.3, -0.25) is 4.90 Å². The van der Waals surface area contributed by atoms with E-state index >= 15 is 0 Å². The fourth-order valence-electron chi connectivity index (χ4n) is 4.50. The first kappa shape index (κ1) is 13.8. The normalized spacial score (nSPS) is 42.4. The van der Waals surface area contributed by atoms with Crippen molar-refractivity contribution in [1.82, 2.24) is 10.2 Å². The number of piperidine rings is 1. The Morgan fingerprint density at radius 3 is 2.37 bits per heavy atom. The van der Waals surface area contributed by atoms with Crippen molar-refractivity contribution < 1.29 is 8.42 Å². The van der Waals surface area contributed by atoms with Crippen molar-refractivity contribution in [3.8, 4) is 0 Å². The van der Waals surface area contributed by atoms with Gasteiger partial charge >= 0.3 is 0 Å². The minimum atomic E-state index is -2.78. The SMILES string of the molecule is CCNC1CC2CCC(C1)N2C1CCCS(=O)(=O)C1. The zero-order valence-corrected chi connectivity index (χ0v) is 12.7. The summed E-state index contributed by atoms with van der Waals surface area (Å²) >= 11 is 0. The summed E-state index contributed by atoms with van der Waals surface area (Å²) in [5.74, 6) is 0.818. The van der Waals surface area contributed by atoms with Crippen LogP contribution in [0.2, 0.25) is 0 Å². The molecule has 2 bridgehead atoms. The predicted octanol–water partition coefficient (Wildman–Crippen LogP) is 1.17. The average molecular weight is 286 g/mol. The number of hydrogen-bond acceptors (Lipinski definition) is 4. The van der Waals surface area contributed by atoms with Crippen LogP contribution in [0.5, 0.6) is 0 Å². The maximum atomic E-state index is 11.9. The van der Waals surface area contributed by atoms with Crippen molar-refractivity contribution in [1.29, 1.82) is 0 Å². The quantitative estimate of drug-likeness (QED) is 0.846. The standard InChI is InChI=1S/C14H26N2O2S/c1-2-15-11-8-12-5-6-13(9-11)16(12)14-4-3-7-19(17,18)10-14/h11-15H,2-10H2,1H3. The molecule has 3 atom stereocenters. The number of rotatable bonds is 3. The van der Waals surface area contributed by atoms with Crippen LogP contribution in [-0.4, -0.2) is 55.5 Å². The second-order valence-electron chi connectivity index (χ2n) is 6.47. The average Bonchev–Trinajstić information content (AvgIpc) is 2.60. The van der Waals surface area contributed by atoms with Crippen LogP contribution in [0.1, 0.15) is 45.4 Å². The molecule has 0 aromatic rings. The molecule has 110 valence electrons. The molecule has 3 saturated heterocycles. The van der Waals surface area contributed by atoms with Crippen LogP contribution >= 0.6 is 0 Å². The molecule has 3 heterocycles. The van der Waals surface area contributed by atoms with Crippen molar-refractivity contribution in [3.63, 3.8) is 0 Å². The summed E-state index contributed by atoms with van der Waals surface area (Å²) in [7, 11) is -2.78. The van der Waals surface area contributed by atoms with E-state index in [0.717, 1.165) is 19.4 Å². The Morgan fingerprint density at radius 2 is 1.79 bits per heavy atom. The van der Waals surface area contributed by atoms with Crippen LogP contribution in [0.25, 0.3) is 0 Å². The third kappa shape index (κ3) is 2.83. The third-order valence-electron chi connectivity index (χ3n) is 5.14. The molecule has 19 heavy (non-hydrogen) atoms. The highest BCUT2D eigenvalue weighted by Crippen LogP contribution is 2.39. The Bertz CT molecular complexity index is 409. The fraction of sp³-hybridized carbons (Fsp3) is 1.00. The van der Waals surface area contributed by atoms with Gasteiger partial charge in [-0.1, -0.05) is 6.92 Å². The molecule has 3 unspecified atom stereocenters. The van der Waals surface area contributed by atoms with Crippen molar-refractivity contribution in [2.24, 2.45) is 0 Å². The highest BCUT2D eigenvalue weighted by atomic mass is 32.2. The smallest absolute Gasteiger partial charge is 0.151 e. The first-order valence-electron chi connectivity index (χ1n) is 7.80. The van der Waals surface area contributed by atoms with Crippen molar-refractivity contribution in [3.05, 3.63) is 0 Å². The lowest BCUT2D eigenvalue weighted by Gasteiger charge is -2.44. The molecule has 0 radical (unpaired) electrons. The summed E-state index contributed by atoms with van der Waals surface area (Å²) in [6.07, 6.45) is 6.89. The minimum absolute atomic E-state index is 0.304. The summed E-state index contributed by atoms with van der Waals surface area (Å²) in [4.78, 5) is 2.59. The van der Waals surface area contributed by atoms with E-state index in [-0.39, 0.29) is 0 Å². The van der Waals surface area contributed by atoms with Crippen LogP contribution in [0.15, 0.2) is 0 Å². The predicted molar refractivity (Wildman–Crippen MR) is 77.0 cm³/mol. The van der Waals surface area contributed by atoms with Gasteiger partial charge in [0.05, 0.1) is 11.5 Å². The van der Waals surface area contributed by atoms with Gasteiger partial charge in [0.15, 0.2) is 9.84 Å². The van der Waals surface area contributed by atoms with Gasteiger partial charge in [-0.05, 0) is 45.1 Å². The minimum Gasteiger partial charge on any atom is -0.314 e. The van der Waals surface area contributed by atoms with Crippen molar-refractivity contribution in [2.45, 2.75) is 69.6 Å². The fourth-order valence-corrected chi connectivity index (χ4v) is 6.20. The van der Waals surface area contributed by atoms with E-state index in [0.29, 0.717) is 35.7 Å². The van der Waals surface area contributed by atoms with E-state index in [1.807, 2.05) is 0 Å². The maximum Gasteiger partial charge on any atom is 0.151 e. The number of nitrogens with zero attached hydrogens (tertiary/aromatic N) is 1. The second kappa shape index (κ2) is 5.34. The molecule has 5 heteroatoms. The molecule has 3 fully saturated rings. The summed E-state index contributed by atoms with van der Waals surface area (Å²) < 4.78 is 23.7. The molecule has 3 rings (SSSR count). The first-order valence-corrected chi connectivity index (χ1v) is 9.62. The molecule has 4 nitrogen and oxygen atoms in total. The van der Waals surface area contributed by atoms with Gasteiger partial charge in [0, 0.05) is 24.2 Å². The monoisotopic (exact) mass is 286 g/mol. The van der Waals surface area contributed by atoms with E-state index in [2.05, 4.69) is 17.1 Å². The van der Waals surface area contributed by atoms with Gasteiger partial charge in [0.1, 0.15) is 0 Å². The highest BCUT2D eigenvalue weighted by molar-refractivity contribution is 7.91. The Kier molecular flexibility index (Phi) is 3.89. The molecule has 0 aromatic heterocycles. The molecular formula is C14H26N2O2S. The number of sulfone groups is 1. The third-order valence-corrected chi connectivity index (χ3v) is 6.95. The van der Waals surface area contributed by atoms with E-state index in [9.17, 15) is 8.42 Å². The number of fused-ring (bicyclic) bond motifs is 2. The Labute approximate surface area is 116 Å². The zero-order chi connectivity index (χ0) is 13.5. The largest absolute Gasteiger partial charge is 0.314 e. The van der Waals surface area contributed by atoms with Crippen LogP contribution in [-0.2, 0) is 9.84 Å². The first-order chi connectivity index (χ1) is 9.09. The summed E-state index contributed by atoms with van der Waals surface area (Å²) in [6.45, 7) is 3.21. The zero-order valence-electron chi connectivity index (χ0n) is 11.8. The molecule has 3 aliphatic heterocycles. The van der Waals surface area contributed by atoms with E-state index in [1.54, 1.807) is 0 Å². The van der Waals surface area contributed by atoms with Crippen LogP contribution in [0, 0.1) is 0 Å². The summed E-state index contributed by atoms with van der Waals surface area (Å²) in [5, 5.41) is 3.58. The van der Waals surface area contributed by atoms with E-state index < -0.39 is 9.84 Å². The lowest BCUT2D eigenvalue weighted by Crippen LogP contribution is -2.55. The van der Waals surface area contributed by atoms with Crippen LogP contribution < -0.4 is 5.32 Å². The molecule has 0 saturated carbocycles. The summed E-state index contributed by atoms with van der Waals surface area (Å²) in [5.41, 5.74) is 0. The van der Waals surface area contributed by atoms with Gasteiger partial charge in [-0.15, -0.1) is 0 Å². The van der Waals surface area contributed by atoms with Gasteiger partial charge in [0.2, 0.25) is 0 Å². The van der Waals surface area contributed by atoms with Gasteiger partial charge < -0.3 is 5.32 Å². The Morgan fingerprint density at radius 1 is 1.11 bits per heavy atom. The Balaban J connectivity index is 1.69. The van der Waals surface area contributed by atoms with E-state index in [4.69, 9.17) is 0 Å². The molecule has 0 amide bonds. The second-order valence-corrected chi connectivity index (χ2v) is 8.70. The lowest BCUT2D eigenvalue weighted by atomic mass is 9.94. The van der Waals surface area contributed by atoms with Crippen LogP contribution in [0.4, 0.5) is 0 Å².